The van der Waals surface area contributed by atoms with E-state index in [2.05, 4.69) is 17.4 Å². The third-order valence-electron chi connectivity index (χ3n) is 6.71. The number of benzene rings is 2. The molecule has 1 saturated carbocycles. The largest absolute Gasteiger partial charge is 1.00 e. The second-order valence-electron chi connectivity index (χ2n) is 9.04. The zero-order valence-corrected chi connectivity index (χ0v) is 20.4. The van der Waals surface area contributed by atoms with Gasteiger partial charge in [-0.15, -0.1) is 0 Å². The lowest BCUT2D eigenvalue weighted by atomic mass is 9.96. The first-order chi connectivity index (χ1) is 15.5. The summed E-state index contributed by atoms with van der Waals surface area (Å²) >= 11 is 0. The van der Waals surface area contributed by atoms with E-state index in [0.29, 0.717) is 6.04 Å². The maximum atomic E-state index is 12.1. The van der Waals surface area contributed by atoms with Gasteiger partial charge in [0.15, 0.2) is 0 Å². The Morgan fingerprint density at radius 1 is 0.970 bits per heavy atom. The lowest BCUT2D eigenvalue weighted by Crippen LogP contribution is -3.00. The first-order valence-corrected chi connectivity index (χ1v) is 11.8. The van der Waals surface area contributed by atoms with E-state index < -0.39 is 6.10 Å². The molecule has 0 radical (unpaired) electrons. The molecule has 0 bridgehead atoms. The van der Waals surface area contributed by atoms with Crippen LogP contribution in [-0.2, 0) is 20.6 Å². The van der Waals surface area contributed by atoms with E-state index in [-0.39, 0.29) is 24.7 Å². The van der Waals surface area contributed by atoms with E-state index in [9.17, 15) is 9.90 Å². The number of aromatic nitrogens is 2. The van der Waals surface area contributed by atoms with Crippen LogP contribution in [0.5, 0.6) is 5.75 Å². The first-order valence-electron chi connectivity index (χ1n) is 11.8. The van der Waals surface area contributed by atoms with Crippen LogP contribution in [0.3, 0.4) is 0 Å². The van der Waals surface area contributed by atoms with Crippen molar-refractivity contribution < 1.29 is 22.3 Å². The summed E-state index contributed by atoms with van der Waals surface area (Å²) in [5.41, 5.74) is 3.55. The molecule has 0 aliphatic heterocycles. The van der Waals surface area contributed by atoms with Gasteiger partial charge in [-0.1, -0.05) is 50.3 Å². The Morgan fingerprint density at radius 3 is 2.30 bits per heavy atom. The van der Waals surface area contributed by atoms with Gasteiger partial charge in [0.05, 0.1) is 11.0 Å². The smallest absolute Gasteiger partial charge is 0.328 e. The fraction of sp³-hybridized carbons (Fsp3) is 0.500. The van der Waals surface area contributed by atoms with Gasteiger partial charge in [0.25, 0.3) is 0 Å². The zero-order valence-electron chi connectivity index (χ0n) is 19.6. The number of aliphatic hydroxyl groups excluding tert-OH is 1. The number of aryl methyl sites for hydroxylation is 2. The van der Waals surface area contributed by atoms with Crippen LogP contribution < -0.4 is 28.2 Å². The van der Waals surface area contributed by atoms with Crippen LogP contribution in [0.15, 0.2) is 47.3 Å². The van der Waals surface area contributed by atoms with Crippen molar-refractivity contribution in [3.8, 4) is 5.75 Å². The molecule has 1 aliphatic carbocycles. The highest BCUT2D eigenvalue weighted by atomic mass is 35.5. The Labute approximate surface area is 202 Å². The van der Waals surface area contributed by atoms with E-state index in [0.717, 1.165) is 28.9 Å². The van der Waals surface area contributed by atoms with Gasteiger partial charge < -0.3 is 27.6 Å². The van der Waals surface area contributed by atoms with Crippen molar-refractivity contribution in [1.29, 1.82) is 0 Å². The molecule has 1 fully saturated rings. The van der Waals surface area contributed by atoms with Crippen LogP contribution in [0, 0.1) is 0 Å². The minimum Gasteiger partial charge on any atom is -1.00 e. The summed E-state index contributed by atoms with van der Waals surface area (Å²) in [5, 5.41) is 14.3. The van der Waals surface area contributed by atoms with Gasteiger partial charge in [0, 0.05) is 26.7 Å². The Balaban J connectivity index is 0.00000306. The standard InChI is InChI=1S/C26H35N3O3.ClH/c1-28-23-15-12-20(16-24(23)29(2)26(28)31)25(30)18-32-22-13-10-19(11-14-22)17-27-21-8-6-4-3-5-7-9-21;/h10-16,21,25,27,30H,3-9,17-18H2,1-2H3;1H/p-1. The number of hydrogen-bond donors (Lipinski definition) is 2. The highest BCUT2D eigenvalue weighted by molar-refractivity contribution is 5.76. The number of nitrogens with zero attached hydrogens (tertiary/aromatic N) is 2. The quantitative estimate of drug-likeness (QED) is 0.542. The van der Waals surface area contributed by atoms with Gasteiger partial charge in [0.1, 0.15) is 18.5 Å². The van der Waals surface area contributed by atoms with Gasteiger partial charge in [-0.2, -0.15) is 0 Å². The van der Waals surface area contributed by atoms with Crippen molar-refractivity contribution in [2.75, 3.05) is 6.61 Å². The normalized spacial score (nSPS) is 16.1. The van der Waals surface area contributed by atoms with Gasteiger partial charge in [-0.3, -0.25) is 9.13 Å². The number of halogens is 1. The number of nitrogens with one attached hydrogen (secondary N) is 1. The molecule has 0 saturated heterocycles. The van der Waals surface area contributed by atoms with E-state index in [1.54, 1.807) is 23.2 Å². The monoisotopic (exact) mass is 472 g/mol. The van der Waals surface area contributed by atoms with Gasteiger partial charge in [0.2, 0.25) is 0 Å². The van der Waals surface area contributed by atoms with Crippen molar-refractivity contribution in [3.63, 3.8) is 0 Å². The van der Waals surface area contributed by atoms with Crippen molar-refractivity contribution >= 4 is 11.0 Å². The van der Waals surface area contributed by atoms with E-state index in [1.807, 2.05) is 30.3 Å². The van der Waals surface area contributed by atoms with E-state index in [4.69, 9.17) is 4.74 Å². The minimum absolute atomic E-state index is 0. The first kappa shape index (κ1) is 25.3. The van der Waals surface area contributed by atoms with Crippen LogP contribution in [0.4, 0.5) is 0 Å². The number of fused-ring (bicyclic) bond motifs is 1. The lowest BCUT2D eigenvalue weighted by molar-refractivity contribution is -0.00000837. The predicted octanol–water partition coefficient (Wildman–Crippen LogP) is 1.20. The summed E-state index contributed by atoms with van der Waals surface area (Å²) < 4.78 is 9.03. The molecule has 7 heteroatoms. The summed E-state index contributed by atoms with van der Waals surface area (Å²) in [7, 11) is 3.49. The maximum absolute atomic E-state index is 12.1. The predicted molar refractivity (Wildman–Crippen MR) is 128 cm³/mol. The summed E-state index contributed by atoms with van der Waals surface area (Å²) in [4.78, 5) is 12.1. The molecule has 0 spiro atoms. The third-order valence-corrected chi connectivity index (χ3v) is 6.71. The molecule has 0 amide bonds. The molecule has 2 aromatic carbocycles. The highest BCUT2D eigenvalue weighted by Gasteiger charge is 2.14. The fourth-order valence-corrected chi connectivity index (χ4v) is 4.63. The molecule has 180 valence electrons. The van der Waals surface area contributed by atoms with Crippen LogP contribution in [-0.4, -0.2) is 26.9 Å². The molecular weight excluding hydrogens is 438 g/mol. The highest BCUT2D eigenvalue weighted by Crippen LogP contribution is 2.22. The average molecular weight is 473 g/mol. The van der Waals surface area contributed by atoms with Gasteiger partial charge in [-0.25, -0.2) is 4.79 Å². The van der Waals surface area contributed by atoms with Crippen molar-refractivity contribution in [3.05, 3.63) is 64.1 Å². The van der Waals surface area contributed by atoms with E-state index in [1.165, 1.54) is 50.5 Å². The summed E-state index contributed by atoms with van der Waals surface area (Å²) in [6, 6.07) is 14.3. The number of ether oxygens (including phenoxy) is 1. The molecule has 1 unspecified atom stereocenters. The summed E-state index contributed by atoms with van der Waals surface area (Å²) in [6.45, 7) is 1.04. The van der Waals surface area contributed by atoms with Crippen molar-refractivity contribution in [1.82, 2.24) is 14.5 Å². The molecule has 2 N–H and O–H groups in total. The molecule has 3 aromatic rings. The topological polar surface area (TPSA) is 68.4 Å². The molecule has 1 heterocycles. The Hall–Kier alpha value is -2.28. The Kier molecular flexibility index (Phi) is 9.01. The second kappa shape index (κ2) is 11.7. The van der Waals surface area contributed by atoms with Crippen molar-refractivity contribution in [2.45, 2.75) is 63.6 Å². The van der Waals surface area contributed by atoms with Crippen LogP contribution in [0.2, 0.25) is 0 Å². The molecule has 6 nitrogen and oxygen atoms in total. The average Bonchev–Trinajstić information content (AvgIpc) is 3.01. The van der Waals surface area contributed by atoms with Gasteiger partial charge in [-0.05, 0) is 48.2 Å². The summed E-state index contributed by atoms with van der Waals surface area (Å²) in [5.74, 6) is 0.743. The number of imidazole rings is 1. The summed E-state index contributed by atoms with van der Waals surface area (Å²) in [6.07, 6.45) is 8.59. The van der Waals surface area contributed by atoms with E-state index >= 15 is 0 Å². The van der Waals surface area contributed by atoms with Crippen LogP contribution in [0.1, 0.15) is 62.2 Å². The Morgan fingerprint density at radius 2 is 1.61 bits per heavy atom. The number of aliphatic hydroxyl groups is 1. The molecule has 33 heavy (non-hydrogen) atoms. The minimum atomic E-state index is -0.768. The van der Waals surface area contributed by atoms with Crippen LogP contribution >= 0.6 is 0 Å². The van der Waals surface area contributed by atoms with Gasteiger partial charge >= 0.3 is 5.69 Å². The number of rotatable bonds is 7. The Bertz CT molecular complexity index is 1080. The molecule has 1 aromatic heterocycles. The second-order valence-corrected chi connectivity index (χ2v) is 9.04. The van der Waals surface area contributed by atoms with Crippen LogP contribution in [0.25, 0.3) is 11.0 Å². The maximum Gasteiger partial charge on any atom is 0.328 e. The fourth-order valence-electron chi connectivity index (χ4n) is 4.63. The molecular formula is C26H35ClN3O3-. The molecule has 4 rings (SSSR count). The molecule has 1 atom stereocenters. The lowest BCUT2D eigenvalue weighted by Gasteiger charge is -2.21. The third kappa shape index (κ3) is 6.19. The number of hydrogen-bond acceptors (Lipinski definition) is 4. The zero-order chi connectivity index (χ0) is 22.5. The molecule has 1 aliphatic rings. The SMILES string of the molecule is Cn1c(=O)n(C)c2cc(C(O)COc3ccc(CNC4CCCCCCC4)cc3)ccc21.[Cl-]. The van der Waals surface area contributed by atoms with Crippen molar-refractivity contribution in [2.24, 2.45) is 14.1 Å².